The van der Waals surface area contributed by atoms with Gasteiger partial charge in [-0.25, -0.2) is 10.2 Å². The molecule has 0 bridgehead atoms. The number of urea groups is 1. The molecule has 0 spiro atoms. The minimum atomic E-state index is -0.668. The second-order valence-electron chi connectivity index (χ2n) is 5.31. The van der Waals surface area contributed by atoms with Crippen molar-refractivity contribution in [3.8, 4) is 5.75 Å². The molecule has 0 aromatic heterocycles. The van der Waals surface area contributed by atoms with Crippen LogP contribution in [0, 0.1) is 0 Å². The summed E-state index contributed by atoms with van der Waals surface area (Å²) in [5.41, 5.74) is 8.80. The maximum atomic E-state index is 10.6. The zero-order chi connectivity index (χ0) is 16.2. The molecule has 0 heterocycles. The Morgan fingerprint density at radius 1 is 1.14 bits per heavy atom. The lowest BCUT2D eigenvalue weighted by molar-refractivity contribution is 0.249. The maximum absolute atomic E-state index is 10.6. The van der Waals surface area contributed by atoms with Gasteiger partial charge in [-0.1, -0.05) is 39.0 Å². The maximum Gasteiger partial charge on any atom is 0.332 e. The third kappa shape index (κ3) is 7.67. The molecule has 0 fully saturated rings. The van der Waals surface area contributed by atoms with E-state index in [2.05, 4.69) is 17.5 Å². The molecule has 0 saturated heterocycles. The number of nitrogens with zero attached hydrogens (tertiary/aromatic N) is 1. The number of nitrogens with one attached hydrogen (secondary N) is 1. The van der Waals surface area contributed by atoms with Crippen molar-refractivity contribution in [2.24, 2.45) is 10.8 Å². The summed E-state index contributed by atoms with van der Waals surface area (Å²) in [7, 11) is 0. The minimum absolute atomic E-state index is 0.668. The highest BCUT2D eigenvalue weighted by molar-refractivity contribution is 5.99. The van der Waals surface area contributed by atoms with Gasteiger partial charge in [0.2, 0.25) is 0 Å². The predicted molar refractivity (Wildman–Crippen MR) is 90.2 cm³/mol. The molecule has 1 rings (SSSR count). The minimum Gasteiger partial charge on any atom is -0.494 e. The number of ether oxygens (including phenoxy) is 1. The summed E-state index contributed by atoms with van der Waals surface area (Å²) in [5, 5.41) is 3.89. The number of rotatable bonds is 10. The van der Waals surface area contributed by atoms with Crippen molar-refractivity contribution in [1.82, 2.24) is 5.43 Å². The molecule has 22 heavy (non-hydrogen) atoms. The molecule has 5 nitrogen and oxygen atoms in total. The van der Waals surface area contributed by atoms with Gasteiger partial charge in [-0.05, 0) is 43.2 Å². The van der Waals surface area contributed by atoms with Gasteiger partial charge in [0, 0.05) is 0 Å². The molecule has 1 aromatic rings. The summed E-state index contributed by atoms with van der Waals surface area (Å²) in [6.07, 6.45) is 7.54. The van der Waals surface area contributed by atoms with Crippen LogP contribution in [0.1, 0.15) is 57.9 Å². The van der Waals surface area contributed by atoms with Crippen LogP contribution in [0.25, 0.3) is 0 Å². The third-order valence-electron chi connectivity index (χ3n) is 3.37. The number of primary amides is 1. The van der Waals surface area contributed by atoms with Gasteiger partial charge in [0.15, 0.2) is 0 Å². The van der Waals surface area contributed by atoms with Gasteiger partial charge in [-0.15, -0.1) is 0 Å². The number of amides is 2. The Kier molecular flexibility index (Phi) is 8.72. The summed E-state index contributed by atoms with van der Waals surface area (Å²) in [5.74, 6) is 0.855. The van der Waals surface area contributed by atoms with Crippen LogP contribution in [-0.4, -0.2) is 18.3 Å². The van der Waals surface area contributed by atoms with Crippen LogP contribution in [0.4, 0.5) is 4.79 Å². The number of carbonyl (C=O) groups excluding carboxylic acids is 1. The Labute approximate surface area is 132 Å². The molecule has 5 heteroatoms. The Bertz CT molecular complexity index is 469. The van der Waals surface area contributed by atoms with Crippen molar-refractivity contribution in [1.29, 1.82) is 0 Å². The van der Waals surface area contributed by atoms with Crippen LogP contribution in [0.15, 0.2) is 29.4 Å². The number of hydrogen-bond donors (Lipinski definition) is 2. The lowest BCUT2D eigenvalue weighted by Crippen LogP contribution is -2.25. The second kappa shape index (κ2) is 10.7. The number of hydrogen-bond acceptors (Lipinski definition) is 3. The molecule has 0 saturated carbocycles. The highest BCUT2D eigenvalue weighted by atomic mass is 16.5. The van der Waals surface area contributed by atoms with Crippen LogP contribution in [0.2, 0.25) is 0 Å². The fourth-order valence-electron chi connectivity index (χ4n) is 2.07. The first kappa shape index (κ1) is 18.0. The van der Waals surface area contributed by atoms with E-state index in [9.17, 15) is 4.79 Å². The quantitative estimate of drug-likeness (QED) is 0.391. The van der Waals surface area contributed by atoms with Gasteiger partial charge >= 0.3 is 6.03 Å². The summed E-state index contributed by atoms with van der Waals surface area (Å²) in [6.45, 7) is 4.78. The van der Waals surface area contributed by atoms with E-state index in [0.29, 0.717) is 5.71 Å². The molecule has 0 aliphatic rings. The monoisotopic (exact) mass is 305 g/mol. The molecular formula is C17H27N3O2. The van der Waals surface area contributed by atoms with E-state index in [0.717, 1.165) is 24.3 Å². The van der Waals surface area contributed by atoms with Crippen LogP contribution in [-0.2, 0) is 0 Å². The first-order chi connectivity index (χ1) is 10.6. The van der Waals surface area contributed by atoms with Gasteiger partial charge in [0.05, 0.1) is 12.3 Å². The van der Waals surface area contributed by atoms with Crippen molar-refractivity contribution in [2.45, 2.75) is 52.4 Å². The van der Waals surface area contributed by atoms with Crippen LogP contribution in [0.5, 0.6) is 5.75 Å². The third-order valence-corrected chi connectivity index (χ3v) is 3.37. The van der Waals surface area contributed by atoms with Crippen molar-refractivity contribution in [3.63, 3.8) is 0 Å². The fraction of sp³-hybridized carbons (Fsp3) is 0.529. The molecule has 2 amide bonds. The van der Waals surface area contributed by atoms with Crippen LogP contribution >= 0.6 is 0 Å². The van der Waals surface area contributed by atoms with Crippen LogP contribution < -0.4 is 15.9 Å². The highest BCUT2D eigenvalue weighted by Crippen LogP contribution is 2.14. The largest absolute Gasteiger partial charge is 0.494 e. The molecule has 0 atom stereocenters. The first-order valence-corrected chi connectivity index (χ1v) is 7.96. The Morgan fingerprint density at radius 3 is 2.41 bits per heavy atom. The molecule has 0 aliphatic heterocycles. The molecule has 0 radical (unpaired) electrons. The molecule has 0 aliphatic carbocycles. The Hall–Kier alpha value is -2.04. The zero-order valence-corrected chi connectivity index (χ0v) is 13.6. The molecule has 3 N–H and O–H groups in total. The second-order valence-corrected chi connectivity index (χ2v) is 5.31. The Morgan fingerprint density at radius 2 is 1.77 bits per heavy atom. The normalized spacial score (nSPS) is 11.3. The smallest absolute Gasteiger partial charge is 0.332 e. The number of hydrazone groups is 1. The van der Waals surface area contributed by atoms with Gasteiger partial charge in [-0.2, -0.15) is 5.10 Å². The van der Waals surface area contributed by atoms with E-state index in [1.807, 2.05) is 31.2 Å². The first-order valence-electron chi connectivity index (χ1n) is 7.96. The summed E-state index contributed by atoms with van der Waals surface area (Å²) >= 11 is 0. The van der Waals surface area contributed by atoms with E-state index < -0.39 is 6.03 Å². The number of benzene rings is 1. The van der Waals surface area contributed by atoms with Crippen LogP contribution in [0.3, 0.4) is 0 Å². The van der Waals surface area contributed by atoms with Crippen molar-refractivity contribution >= 4 is 11.7 Å². The Balaban J connectivity index is 2.30. The lowest BCUT2D eigenvalue weighted by Gasteiger charge is -2.07. The van der Waals surface area contributed by atoms with E-state index in [4.69, 9.17) is 10.5 Å². The van der Waals surface area contributed by atoms with Gasteiger partial charge < -0.3 is 10.5 Å². The molecular weight excluding hydrogens is 278 g/mol. The van der Waals surface area contributed by atoms with Crippen molar-refractivity contribution in [3.05, 3.63) is 29.8 Å². The molecule has 1 aromatic carbocycles. The van der Waals surface area contributed by atoms with E-state index in [1.165, 1.54) is 32.1 Å². The van der Waals surface area contributed by atoms with Crippen molar-refractivity contribution < 1.29 is 9.53 Å². The average Bonchev–Trinajstić information content (AvgIpc) is 2.52. The van der Waals surface area contributed by atoms with E-state index >= 15 is 0 Å². The number of carbonyl (C=O) groups is 1. The summed E-state index contributed by atoms with van der Waals surface area (Å²) in [6, 6.07) is 6.99. The van der Waals surface area contributed by atoms with Gasteiger partial charge in [0.25, 0.3) is 0 Å². The van der Waals surface area contributed by atoms with Gasteiger partial charge in [0.1, 0.15) is 5.75 Å². The fourth-order valence-corrected chi connectivity index (χ4v) is 2.07. The summed E-state index contributed by atoms with van der Waals surface area (Å²) in [4.78, 5) is 10.6. The lowest BCUT2D eigenvalue weighted by atomic mass is 10.1. The number of unbranched alkanes of at least 4 members (excludes halogenated alkanes) is 5. The van der Waals surface area contributed by atoms with E-state index in [-0.39, 0.29) is 0 Å². The number of nitrogens with two attached hydrogens (primary N) is 1. The van der Waals surface area contributed by atoms with E-state index in [1.54, 1.807) is 0 Å². The SMILES string of the molecule is CCCCCCCCOc1ccc(/C(C)=N/NC(N)=O)cc1. The average molecular weight is 305 g/mol. The standard InChI is InChI=1S/C17H27N3O2/c1-3-4-5-6-7-8-13-22-16-11-9-15(10-12-16)14(2)19-20-17(18)21/h9-12H,3-8,13H2,1-2H3,(H3,18,20,21)/b19-14+. The highest BCUT2D eigenvalue weighted by Gasteiger charge is 2.00. The summed E-state index contributed by atoms with van der Waals surface area (Å²) < 4.78 is 5.72. The molecule has 0 unspecified atom stereocenters. The predicted octanol–water partition coefficient (Wildman–Crippen LogP) is 3.82. The molecule has 122 valence electrons. The van der Waals surface area contributed by atoms with Crippen molar-refractivity contribution in [2.75, 3.05) is 6.61 Å². The van der Waals surface area contributed by atoms with Gasteiger partial charge in [-0.3, -0.25) is 0 Å². The zero-order valence-electron chi connectivity index (χ0n) is 13.6. The topological polar surface area (TPSA) is 76.7 Å².